The van der Waals surface area contributed by atoms with Gasteiger partial charge in [0.05, 0.1) is 0 Å². The molecule has 1 aliphatic heterocycles. The van der Waals surface area contributed by atoms with Crippen molar-refractivity contribution in [3.05, 3.63) is 35.4 Å². The molecule has 6 nitrogen and oxygen atoms in total. The van der Waals surface area contributed by atoms with Crippen molar-refractivity contribution in [1.29, 1.82) is 0 Å². The highest BCUT2D eigenvalue weighted by Gasteiger charge is 2.55. The Balaban J connectivity index is 1.75. The number of urea groups is 1. The van der Waals surface area contributed by atoms with Crippen LogP contribution in [0.25, 0.3) is 0 Å². The van der Waals surface area contributed by atoms with Gasteiger partial charge in [0.25, 0.3) is 5.91 Å². The molecule has 1 saturated heterocycles. The maximum Gasteiger partial charge on any atom is 0.325 e. The van der Waals surface area contributed by atoms with E-state index in [0.717, 1.165) is 35.3 Å². The minimum absolute atomic E-state index is 0.0319. The van der Waals surface area contributed by atoms with Gasteiger partial charge in [0.2, 0.25) is 5.91 Å². The number of fused-ring (bicyclic) bond motifs is 2. The number of carbonyl (C=O) groups excluding carboxylic acids is 3. The van der Waals surface area contributed by atoms with Crippen molar-refractivity contribution in [2.45, 2.75) is 51.1 Å². The maximum absolute atomic E-state index is 12.9. The number of amides is 4. The van der Waals surface area contributed by atoms with Gasteiger partial charge < -0.3 is 10.6 Å². The molecule has 1 aromatic carbocycles. The number of benzene rings is 1. The lowest BCUT2D eigenvalue weighted by Gasteiger charge is -2.22. The second kappa shape index (κ2) is 6.26. The van der Waals surface area contributed by atoms with Crippen molar-refractivity contribution in [2.24, 2.45) is 0 Å². The summed E-state index contributed by atoms with van der Waals surface area (Å²) in [5.74, 6) is -0.626. The van der Waals surface area contributed by atoms with E-state index in [2.05, 4.69) is 10.6 Å². The summed E-state index contributed by atoms with van der Waals surface area (Å²) in [4.78, 5) is 38.4. The summed E-state index contributed by atoms with van der Waals surface area (Å²) in [5.41, 5.74) is 0.933. The van der Waals surface area contributed by atoms with Crippen molar-refractivity contribution in [2.75, 3.05) is 6.54 Å². The Morgan fingerprint density at radius 3 is 2.88 bits per heavy atom. The highest BCUT2D eigenvalue weighted by atomic mass is 16.2. The summed E-state index contributed by atoms with van der Waals surface area (Å²) in [7, 11) is 0. The summed E-state index contributed by atoms with van der Waals surface area (Å²) < 4.78 is 0. The molecule has 4 amide bonds. The Kier molecular flexibility index (Phi) is 4.30. The second-order valence-electron chi connectivity index (χ2n) is 6.64. The normalized spacial score (nSPS) is 23.3. The molecule has 128 valence electrons. The van der Waals surface area contributed by atoms with Crippen molar-refractivity contribution < 1.29 is 14.4 Å². The van der Waals surface area contributed by atoms with E-state index in [0.29, 0.717) is 6.42 Å². The molecule has 2 atom stereocenters. The van der Waals surface area contributed by atoms with Crippen LogP contribution in [0.3, 0.4) is 0 Å². The third kappa shape index (κ3) is 2.66. The third-order valence-corrected chi connectivity index (χ3v) is 4.85. The SMILES string of the molecule is CCC[C@H](C)NC(=O)CN1C(=O)N[C@]2(CCc3ccccc32)C1=O. The van der Waals surface area contributed by atoms with Gasteiger partial charge in [-0.2, -0.15) is 0 Å². The molecule has 0 aromatic heterocycles. The number of nitrogens with one attached hydrogen (secondary N) is 2. The van der Waals surface area contributed by atoms with E-state index in [9.17, 15) is 14.4 Å². The predicted molar refractivity (Wildman–Crippen MR) is 89.2 cm³/mol. The van der Waals surface area contributed by atoms with Crippen LogP contribution in [0, 0.1) is 0 Å². The molecule has 1 heterocycles. The monoisotopic (exact) mass is 329 g/mol. The fraction of sp³-hybridized carbons (Fsp3) is 0.500. The summed E-state index contributed by atoms with van der Waals surface area (Å²) in [6.45, 7) is 3.73. The minimum Gasteiger partial charge on any atom is -0.352 e. The summed E-state index contributed by atoms with van der Waals surface area (Å²) >= 11 is 0. The fourth-order valence-corrected chi connectivity index (χ4v) is 3.70. The first kappa shape index (κ1) is 16.5. The van der Waals surface area contributed by atoms with E-state index in [-0.39, 0.29) is 24.4 Å². The van der Waals surface area contributed by atoms with Crippen LogP contribution in [-0.2, 0) is 21.5 Å². The lowest BCUT2D eigenvalue weighted by molar-refractivity contribution is -0.135. The lowest BCUT2D eigenvalue weighted by atomic mass is 9.92. The third-order valence-electron chi connectivity index (χ3n) is 4.85. The van der Waals surface area contributed by atoms with E-state index in [1.54, 1.807) is 0 Å². The Labute approximate surface area is 141 Å². The topological polar surface area (TPSA) is 78.5 Å². The molecular weight excluding hydrogens is 306 g/mol. The van der Waals surface area contributed by atoms with Crippen LogP contribution < -0.4 is 10.6 Å². The smallest absolute Gasteiger partial charge is 0.325 e. The molecule has 2 aliphatic rings. The first-order valence-electron chi connectivity index (χ1n) is 8.50. The first-order chi connectivity index (χ1) is 11.5. The van der Waals surface area contributed by atoms with Crippen molar-refractivity contribution in [1.82, 2.24) is 15.5 Å². The standard InChI is InChI=1S/C18H23N3O3/c1-3-6-12(2)19-15(22)11-21-16(23)18(20-17(21)24)10-9-13-7-4-5-8-14(13)18/h4-5,7-8,12H,3,6,9-11H2,1-2H3,(H,19,22)(H,20,24)/t12-,18-/m0/s1. The molecule has 1 spiro atoms. The molecular formula is C18H23N3O3. The second-order valence-corrected chi connectivity index (χ2v) is 6.64. The number of hydrogen-bond acceptors (Lipinski definition) is 3. The summed E-state index contributed by atoms with van der Waals surface area (Å²) in [6.07, 6.45) is 3.12. The van der Waals surface area contributed by atoms with Crippen LogP contribution in [-0.4, -0.2) is 35.3 Å². The molecule has 0 unspecified atom stereocenters. The highest BCUT2D eigenvalue weighted by molar-refractivity contribution is 6.09. The number of imide groups is 1. The van der Waals surface area contributed by atoms with Gasteiger partial charge in [-0.25, -0.2) is 4.79 Å². The van der Waals surface area contributed by atoms with Crippen LogP contribution in [0.1, 0.15) is 44.2 Å². The molecule has 0 radical (unpaired) electrons. The summed E-state index contributed by atoms with van der Waals surface area (Å²) in [6, 6.07) is 7.20. The van der Waals surface area contributed by atoms with Crippen LogP contribution in [0.15, 0.2) is 24.3 Å². The van der Waals surface area contributed by atoms with Crippen molar-refractivity contribution >= 4 is 17.8 Å². The zero-order chi connectivity index (χ0) is 17.3. The molecule has 0 saturated carbocycles. The summed E-state index contributed by atoms with van der Waals surface area (Å²) in [5, 5.41) is 5.66. The molecule has 24 heavy (non-hydrogen) atoms. The predicted octanol–water partition coefficient (Wildman–Crippen LogP) is 1.68. The Morgan fingerprint density at radius 2 is 2.12 bits per heavy atom. The average Bonchev–Trinajstić information content (AvgIpc) is 3.02. The van der Waals surface area contributed by atoms with Gasteiger partial charge in [0.15, 0.2) is 0 Å². The Bertz CT molecular complexity index is 688. The van der Waals surface area contributed by atoms with Gasteiger partial charge in [-0.05, 0) is 37.3 Å². The molecule has 0 bridgehead atoms. The van der Waals surface area contributed by atoms with Gasteiger partial charge in [-0.15, -0.1) is 0 Å². The van der Waals surface area contributed by atoms with Crippen molar-refractivity contribution in [3.8, 4) is 0 Å². The zero-order valence-corrected chi connectivity index (χ0v) is 14.1. The number of aryl methyl sites for hydroxylation is 1. The Morgan fingerprint density at radius 1 is 1.38 bits per heavy atom. The van der Waals surface area contributed by atoms with Gasteiger partial charge in [-0.3, -0.25) is 14.5 Å². The number of rotatable bonds is 5. The minimum atomic E-state index is -0.997. The molecule has 2 N–H and O–H groups in total. The number of carbonyl (C=O) groups is 3. The molecule has 1 aliphatic carbocycles. The van der Waals surface area contributed by atoms with Crippen LogP contribution in [0.4, 0.5) is 4.79 Å². The van der Waals surface area contributed by atoms with E-state index < -0.39 is 11.6 Å². The maximum atomic E-state index is 12.9. The highest BCUT2D eigenvalue weighted by Crippen LogP contribution is 2.41. The van der Waals surface area contributed by atoms with Crippen LogP contribution in [0.2, 0.25) is 0 Å². The van der Waals surface area contributed by atoms with E-state index >= 15 is 0 Å². The molecule has 1 fully saturated rings. The van der Waals surface area contributed by atoms with Gasteiger partial charge >= 0.3 is 6.03 Å². The largest absolute Gasteiger partial charge is 0.352 e. The number of nitrogens with zero attached hydrogens (tertiary/aromatic N) is 1. The first-order valence-corrected chi connectivity index (χ1v) is 8.50. The lowest BCUT2D eigenvalue weighted by Crippen LogP contribution is -2.45. The fourth-order valence-electron chi connectivity index (χ4n) is 3.70. The molecule has 1 aromatic rings. The Hall–Kier alpha value is -2.37. The quantitative estimate of drug-likeness (QED) is 0.807. The zero-order valence-electron chi connectivity index (χ0n) is 14.1. The van der Waals surface area contributed by atoms with E-state index in [1.165, 1.54) is 0 Å². The van der Waals surface area contributed by atoms with Crippen LogP contribution >= 0.6 is 0 Å². The van der Waals surface area contributed by atoms with E-state index in [1.807, 2.05) is 38.1 Å². The molecule has 3 rings (SSSR count). The molecule has 6 heteroatoms. The van der Waals surface area contributed by atoms with Gasteiger partial charge in [0, 0.05) is 6.04 Å². The van der Waals surface area contributed by atoms with Crippen molar-refractivity contribution in [3.63, 3.8) is 0 Å². The van der Waals surface area contributed by atoms with Crippen LogP contribution in [0.5, 0.6) is 0 Å². The number of hydrogen-bond donors (Lipinski definition) is 2. The average molecular weight is 329 g/mol. The van der Waals surface area contributed by atoms with E-state index in [4.69, 9.17) is 0 Å². The van der Waals surface area contributed by atoms with Gasteiger partial charge in [-0.1, -0.05) is 37.6 Å². The van der Waals surface area contributed by atoms with Gasteiger partial charge in [0.1, 0.15) is 12.1 Å².